The molecule has 0 aromatic heterocycles. The highest BCUT2D eigenvalue weighted by atomic mass is 35.5. The molecule has 2 aromatic rings. The van der Waals surface area contributed by atoms with Gasteiger partial charge >= 0.3 is 0 Å². The molecule has 1 atom stereocenters. The van der Waals surface area contributed by atoms with Crippen LogP contribution in [0.25, 0.3) is 0 Å². The fourth-order valence-electron chi connectivity index (χ4n) is 2.70. The summed E-state index contributed by atoms with van der Waals surface area (Å²) in [4.78, 5) is 31.2. The van der Waals surface area contributed by atoms with Crippen molar-refractivity contribution in [1.82, 2.24) is 4.90 Å². The second-order valence-corrected chi connectivity index (χ2v) is 8.46. The third kappa shape index (κ3) is 4.56. The van der Waals surface area contributed by atoms with E-state index in [-0.39, 0.29) is 18.2 Å². The lowest BCUT2D eigenvalue weighted by atomic mass is 10.1. The van der Waals surface area contributed by atoms with Crippen LogP contribution in [0.5, 0.6) is 0 Å². The van der Waals surface area contributed by atoms with E-state index in [9.17, 15) is 9.59 Å². The second-order valence-electron chi connectivity index (χ2n) is 6.88. The third-order valence-electron chi connectivity index (χ3n) is 4.72. The number of thioether (sulfide) groups is 1. The maximum atomic E-state index is 12.7. The van der Waals surface area contributed by atoms with Crippen LogP contribution in [0, 0.1) is 20.8 Å². The lowest BCUT2D eigenvalue weighted by molar-refractivity contribution is -0.128. The average molecular weight is 416 g/mol. The average Bonchev–Trinajstić information content (AvgIpc) is 2.65. The molecule has 1 unspecified atom stereocenters. The first kappa shape index (κ1) is 20.4. The van der Waals surface area contributed by atoms with Crippen molar-refractivity contribution in [3.63, 3.8) is 0 Å². The Bertz CT molecular complexity index is 974. The number of rotatable bonds is 3. The summed E-state index contributed by atoms with van der Waals surface area (Å²) in [5.74, 6) is -0.373. The maximum Gasteiger partial charge on any atom is 0.238 e. The van der Waals surface area contributed by atoms with Gasteiger partial charge < -0.3 is 5.32 Å². The zero-order valence-electron chi connectivity index (χ0n) is 16.2. The minimum Gasteiger partial charge on any atom is -0.325 e. The standard InChI is InChI=1S/C21H22ClN3O2S/c1-12-5-7-15(9-14(12)3)24-21-25(4)19(26)11-18(28-21)20(27)23-16-8-6-13(2)17(22)10-16/h5-10,18H,11H2,1-4H3,(H,23,27). The lowest BCUT2D eigenvalue weighted by Gasteiger charge is -2.28. The molecule has 0 bridgehead atoms. The molecule has 0 aliphatic carbocycles. The van der Waals surface area contributed by atoms with E-state index in [4.69, 9.17) is 11.6 Å². The van der Waals surface area contributed by atoms with Crippen LogP contribution in [0.1, 0.15) is 23.1 Å². The summed E-state index contributed by atoms with van der Waals surface area (Å²) in [6, 6.07) is 11.2. The highest BCUT2D eigenvalue weighted by molar-refractivity contribution is 8.15. The molecule has 0 spiro atoms. The summed E-state index contributed by atoms with van der Waals surface area (Å²) in [6.45, 7) is 5.95. The number of carbonyl (C=O) groups is 2. The first-order valence-electron chi connectivity index (χ1n) is 8.91. The smallest absolute Gasteiger partial charge is 0.238 e. The zero-order valence-corrected chi connectivity index (χ0v) is 17.8. The first-order valence-corrected chi connectivity index (χ1v) is 10.2. The van der Waals surface area contributed by atoms with Crippen LogP contribution in [0.15, 0.2) is 41.4 Å². The number of hydrogen-bond acceptors (Lipinski definition) is 4. The van der Waals surface area contributed by atoms with Crippen molar-refractivity contribution in [2.45, 2.75) is 32.4 Å². The Morgan fingerprint density at radius 2 is 1.86 bits per heavy atom. The largest absolute Gasteiger partial charge is 0.325 e. The van der Waals surface area contributed by atoms with Gasteiger partial charge in [-0.15, -0.1) is 0 Å². The number of amides is 2. The summed E-state index contributed by atoms with van der Waals surface area (Å²) >= 11 is 7.42. The van der Waals surface area contributed by atoms with Crippen LogP contribution in [-0.4, -0.2) is 34.2 Å². The number of hydrogen-bond donors (Lipinski definition) is 1. The van der Waals surface area contributed by atoms with Crippen molar-refractivity contribution >= 4 is 51.7 Å². The number of carbonyl (C=O) groups excluding carboxylic acids is 2. The van der Waals surface area contributed by atoms with E-state index in [1.165, 1.54) is 22.2 Å². The van der Waals surface area contributed by atoms with Crippen LogP contribution in [0.3, 0.4) is 0 Å². The van der Waals surface area contributed by atoms with Crippen molar-refractivity contribution < 1.29 is 9.59 Å². The van der Waals surface area contributed by atoms with Crippen LogP contribution < -0.4 is 5.32 Å². The minimum absolute atomic E-state index is 0.124. The molecule has 1 N–H and O–H groups in total. The van der Waals surface area contributed by atoms with Gasteiger partial charge in [0.2, 0.25) is 11.8 Å². The third-order valence-corrected chi connectivity index (χ3v) is 6.36. The van der Waals surface area contributed by atoms with Crippen molar-refractivity contribution in [1.29, 1.82) is 0 Å². The van der Waals surface area contributed by atoms with Crippen LogP contribution in [-0.2, 0) is 9.59 Å². The van der Waals surface area contributed by atoms with Gasteiger partial charge in [-0.2, -0.15) is 0 Å². The summed E-state index contributed by atoms with van der Waals surface area (Å²) in [5, 5.41) is 3.40. The van der Waals surface area contributed by atoms with Gasteiger partial charge in [-0.3, -0.25) is 14.5 Å². The number of amidine groups is 1. The van der Waals surface area contributed by atoms with Crippen LogP contribution in [0.2, 0.25) is 5.02 Å². The number of nitrogens with one attached hydrogen (secondary N) is 1. The molecule has 28 heavy (non-hydrogen) atoms. The topological polar surface area (TPSA) is 61.8 Å². The fraction of sp³-hybridized carbons (Fsp3) is 0.286. The zero-order chi connectivity index (χ0) is 20.4. The van der Waals surface area contributed by atoms with E-state index in [0.29, 0.717) is 15.9 Å². The van der Waals surface area contributed by atoms with Gasteiger partial charge in [-0.05, 0) is 61.7 Å². The summed E-state index contributed by atoms with van der Waals surface area (Å²) in [5.41, 5.74) is 4.61. The monoisotopic (exact) mass is 415 g/mol. The second kappa shape index (κ2) is 8.37. The molecule has 1 aliphatic heterocycles. The van der Waals surface area contributed by atoms with Gasteiger partial charge in [0.1, 0.15) is 5.25 Å². The number of benzene rings is 2. The molecule has 146 valence electrons. The summed E-state index contributed by atoms with van der Waals surface area (Å²) in [6.07, 6.45) is 0.124. The first-order chi connectivity index (χ1) is 13.2. The van der Waals surface area contributed by atoms with Crippen molar-refractivity contribution in [2.75, 3.05) is 12.4 Å². The Morgan fingerprint density at radius 1 is 1.14 bits per heavy atom. The van der Waals surface area contributed by atoms with Gasteiger partial charge in [0.15, 0.2) is 5.17 Å². The number of anilines is 1. The molecule has 0 saturated carbocycles. The molecule has 1 saturated heterocycles. The lowest BCUT2D eigenvalue weighted by Crippen LogP contribution is -2.43. The molecule has 1 fully saturated rings. The Kier molecular flexibility index (Phi) is 6.10. The fourth-order valence-corrected chi connectivity index (χ4v) is 3.94. The summed E-state index contributed by atoms with van der Waals surface area (Å²) in [7, 11) is 1.68. The summed E-state index contributed by atoms with van der Waals surface area (Å²) < 4.78 is 0. The van der Waals surface area contributed by atoms with E-state index in [1.807, 2.05) is 45.0 Å². The number of nitrogens with zero attached hydrogens (tertiary/aromatic N) is 2. The number of aryl methyl sites for hydroxylation is 3. The normalized spacial score (nSPS) is 18.5. The van der Waals surface area contributed by atoms with E-state index in [2.05, 4.69) is 10.3 Å². The van der Waals surface area contributed by atoms with Crippen LogP contribution >= 0.6 is 23.4 Å². The van der Waals surface area contributed by atoms with Crippen molar-refractivity contribution in [3.05, 3.63) is 58.1 Å². The van der Waals surface area contributed by atoms with Gasteiger partial charge in [-0.25, -0.2) is 4.99 Å². The van der Waals surface area contributed by atoms with E-state index in [1.54, 1.807) is 19.2 Å². The molecule has 1 heterocycles. The Hall–Kier alpha value is -2.31. The van der Waals surface area contributed by atoms with Gasteiger partial charge in [0.25, 0.3) is 0 Å². The molecule has 1 aliphatic rings. The van der Waals surface area contributed by atoms with Crippen molar-refractivity contribution in [3.8, 4) is 0 Å². The number of halogens is 1. The predicted octanol–water partition coefficient (Wildman–Crippen LogP) is 4.86. The highest BCUT2D eigenvalue weighted by Gasteiger charge is 2.34. The van der Waals surface area contributed by atoms with Crippen molar-refractivity contribution in [2.24, 2.45) is 4.99 Å². The van der Waals surface area contributed by atoms with Gasteiger partial charge in [0.05, 0.1) is 5.69 Å². The van der Waals surface area contributed by atoms with Crippen LogP contribution in [0.4, 0.5) is 11.4 Å². The van der Waals surface area contributed by atoms with E-state index >= 15 is 0 Å². The highest BCUT2D eigenvalue weighted by Crippen LogP contribution is 2.30. The molecule has 7 heteroatoms. The SMILES string of the molecule is Cc1ccc(N=C2SC(C(=O)Nc3ccc(C)c(Cl)c3)CC(=O)N2C)cc1C. The predicted molar refractivity (Wildman–Crippen MR) is 117 cm³/mol. The minimum atomic E-state index is -0.547. The van der Waals surface area contributed by atoms with E-state index < -0.39 is 5.25 Å². The molecule has 5 nitrogen and oxygen atoms in total. The molecular weight excluding hydrogens is 394 g/mol. The Balaban J connectivity index is 1.79. The Morgan fingerprint density at radius 3 is 2.54 bits per heavy atom. The maximum absolute atomic E-state index is 12.7. The molecule has 3 rings (SSSR count). The quantitative estimate of drug-likeness (QED) is 0.778. The Labute approximate surface area is 174 Å². The molecule has 2 amide bonds. The van der Waals surface area contributed by atoms with Gasteiger partial charge in [-0.1, -0.05) is 35.5 Å². The molecular formula is C21H22ClN3O2S. The van der Waals surface area contributed by atoms with Gasteiger partial charge in [0, 0.05) is 24.2 Å². The molecule has 2 aromatic carbocycles. The number of aliphatic imine (C=N–C) groups is 1. The van der Waals surface area contributed by atoms with E-state index in [0.717, 1.165) is 16.8 Å². The molecule has 0 radical (unpaired) electrons.